The SMILES string of the molecule is COc1cc([C@H]2CC[C@H](COc3cccc(C(C)(C4CC4)[C@@](C)(F)C(=O)O)c3)CC2)c(F)cn1. The molecule has 0 amide bonds. The Labute approximate surface area is 199 Å². The first-order valence-corrected chi connectivity index (χ1v) is 12.0. The normalized spacial score (nSPS) is 24.0. The summed E-state index contributed by atoms with van der Waals surface area (Å²) in [4.78, 5) is 15.7. The van der Waals surface area contributed by atoms with Gasteiger partial charge in [0.25, 0.3) is 0 Å². The molecule has 1 aromatic heterocycles. The van der Waals surface area contributed by atoms with E-state index in [1.165, 1.54) is 20.2 Å². The molecule has 2 aliphatic rings. The van der Waals surface area contributed by atoms with E-state index in [0.717, 1.165) is 38.5 Å². The van der Waals surface area contributed by atoms with Gasteiger partial charge in [0, 0.05) is 11.5 Å². The van der Waals surface area contributed by atoms with Gasteiger partial charge in [-0.05, 0) is 86.5 Å². The van der Waals surface area contributed by atoms with Crippen LogP contribution in [0.15, 0.2) is 36.5 Å². The van der Waals surface area contributed by atoms with Gasteiger partial charge in [-0.1, -0.05) is 19.1 Å². The maximum Gasteiger partial charge on any atom is 0.342 e. The number of alkyl halides is 1. The second-order valence-corrected chi connectivity index (χ2v) is 10.1. The van der Waals surface area contributed by atoms with Crippen LogP contribution in [0.25, 0.3) is 0 Å². The lowest BCUT2D eigenvalue weighted by molar-refractivity contribution is -0.155. The van der Waals surface area contributed by atoms with Crippen molar-refractivity contribution in [2.75, 3.05) is 13.7 Å². The van der Waals surface area contributed by atoms with E-state index in [-0.39, 0.29) is 17.7 Å². The van der Waals surface area contributed by atoms with Gasteiger partial charge >= 0.3 is 5.97 Å². The molecule has 0 aliphatic heterocycles. The number of aromatic nitrogens is 1. The maximum atomic E-state index is 15.4. The summed E-state index contributed by atoms with van der Waals surface area (Å²) < 4.78 is 40.9. The molecule has 0 saturated heterocycles. The monoisotopic (exact) mass is 473 g/mol. The Morgan fingerprint density at radius 2 is 1.85 bits per heavy atom. The van der Waals surface area contributed by atoms with E-state index in [2.05, 4.69) is 4.98 Å². The van der Waals surface area contributed by atoms with Crippen molar-refractivity contribution >= 4 is 5.97 Å². The number of carboxylic acid groups (broad SMARTS) is 1. The number of carboxylic acids is 1. The second-order valence-electron chi connectivity index (χ2n) is 10.1. The zero-order valence-corrected chi connectivity index (χ0v) is 20.0. The number of methoxy groups -OCH3 is 1. The molecule has 184 valence electrons. The highest BCUT2D eigenvalue weighted by molar-refractivity contribution is 5.80. The Kier molecular flexibility index (Phi) is 6.83. The van der Waals surface area contributed by atoms with Crippen LogP contribution < -0.4 is 9.47 Å². The molecular formula is C27H33F2NO4. The van der Waals surface area contributed by atoms with Crippen molar-refractivity contribution in [3.63, 3.8) is 0 Å². The van der Waals surface area contributed by atoms with E-state index < -0.39 is 17.1 Å². The van der Waals surface area contributed by atoms with Crippen LogP contribution in [0, 0.1) is 17.7 Å². The van der Waals surface area contributed by atoms with Gasteiger partial charge in [-0.15, -0.1) is 0 Å². The van der Waals surface area contributed by atoms with Crippen LogP contribution in [-0.4, -0.2) is 35.4 Å². The minimum absolute atomic E-state index is 0.00339. The summed E-state index contributed by atoms with van der Waals surface area (Å²) in [6.45, 7) is 3.40. The molecule has 0 bridgehead atoms. The fraction of sp³-hybridized carbons (Fsp3) is 0.556. The lowest BCUT2D eigenvalue weighted by atomic mass is 9.67. The molecule has 0 radical (unpaired) electrons. The molecule has 7 heteroatoms. The fourth-order valence-corrected chi connectivity index (χ4v) is 5.39. The molecule has 1 N–H and O–H groups in total. The molecule has 1 unspecified atom stereocenters. The van der Waals surface area contributed by atoms with E-state index in [1.54, 1.807) is 31.2 Å². The van der Waals surface area contributed by atoms with Gasteiger partial charge in [0.1, 0.15) is 11.6 Å². The van der Waals surface area contributed by atoms with Gasteiger partial charge in [-0.2, -0.15) is 0 Å². The number of ether oxygens (including phenoxy) is 2. The predicted octanol–water partition coefficient (Wildman–Crippen LogP) is 6.06. The van der Waals surface area contributed by atoms with Crippen LogP contribution >= 0.6 is 0 Å². The van der Waals surface area contributed by atoms with Crippen LogP contribution in [0.4, 0.5) is 8.78 Å². The summed E-state index contributed by atoms with van der Waals surface area (Å²) in [5.74, 6) is -0.215. The van der Waals surface area contributed by atoms with E-state index in [4.69, 9.17) is 9.47 Å². The van der Waals surface area contributed by atoms with E-state index in [0.29, 0.717) is 35.3 Å². The fourth-order valence-electron chi connectivity index (χ4n) is 5.39. The third kappa shape index (κ3) is 4.62. The highest BCUT2D eigenvalue weighted by atomic mass is 19.1. The maximum absolute atomic E-state index is 15.4. The first-order chi connectivity index (χ1) is 16.2. The second kappa shape index (κ2) is 9.51. The minimum Gasteiger partial charge on any atom is -0.493 e. The lowest BCUT2D eigenvalue weighted by Crippen LogP contribution is -2.51. The Bertz CT molecular complexity index is 1030. The summed E-state index contributed by atoms with van der Waals surface area (Å²) >= 11 is 0. The molecule has 1 aromatic carbocycles. The Morgan fingerprint density at radius 3 is 2.47 bits per heavy atom. The number of halogens is 2. The van der Waals surface area contributed by atoms with Gasteiger partial charge in [-0.3, -0.25) is 0 Å². The Balaban J connectivity index is 1.39. The number of pyridine rings is 1. The first-order valence-electron chi connectivity index (χ1n) is 12.0. The quantitative estimate of drug-likeness (QED) is 0.479. The van der Waals surface area contributed by atoms with Gasteiger partial charge < -0.3 is 14.6 Å². The third-order valence-electron chi connectivity index (χ3n) is 8.05. The molecule has 2 fully saturated rings. The molecule has 2 aliphatic carbocycles. The summed E-state index contributed by atoms with van der Waals surface area (Å²) in [7, 11) is 1.52. The topological polar surface area (TPSA) is 68.7 Å². The molecule has 2 saturated carbocycles. The highest BCUT2D eigenvalue weighted by Gasteiger charge is 2.59. The Hall–Kier alpha value is -2.70. The number of hydrogen-bond donors (Lipinski definition) is 1. The van der Waals surface area contributed by atoms with E-state index in [9.17, 15) is 14.3 Å². The molecule has 4 rings (SSSR count). The summed E-state index contributed by atoms with van der Waals surface area (Å²) in [6.07, 6.45) is 6.40. The Morgan fingerprint density at radius 1 is 1.15 bits per heavy atom. The summed E-state index contributed by atoms with van der Waals surface area (Å²) in [5.41, 5.74) is -2.18. The molecule has 0 spiro atoms. The predicted molar refractivity (Wildman–Crippen MR) is 125 cm³/mol. The molecule has 34 heavy (non-hydrogen) atoms. The largest absolute Gasteiger partial charge is 0.493 e. The molecule has 2 aromatic rings. The van der Waals surface area contributed by atoms with Crippen molar-refractivity contribution < 1.29 is 28.2 Å². The van der Waals surface area contributed by atoms with Crippen molar-refractivity contribution in [2.24, 2.45) is 11.8 Å². The third-order valence-corrected chi connectivity index (χ3v) is 8.05. The van der Waals surface area contributed by atoms with Gasteiger partial charge in [-0.25, -0.2) is 18.6 Å². The zero-order chi connectivity index (χ0) is 24.5. The number of hydrogen-bond acceptors (Lipinski definition) is 4. The molecule has 2 atom stereocenters. The minimum atomic E-state index is -2.38. The van der Waals surface area contributed by atoms with Crippen molar-refractivity contribution in [1.29, 1.82) is 0 Å². The van der Waals surface area contributed by atoms with Gasteiger partial charge in [0.2, 0.25) is 11.5 Å². The number of nitrogens with zero attached hydrogens (tertiary/aromatic N) is 1. The summed E-state index contributed by atoms with van der Waals surface area (Å²) in [6, 6.07) is 8.92. The van der Waals surface area contributed by atoms with Crippen molar-refractivity contribution in [1.82, 2.24) is 4.98 Å². The van der Waals surface area contributed by atoms with E-state index in [1.807, 2.05) is 6.07 Å². The molecular weight excluding hydrogens is 440 g/mol. The number of benzene rings is 1. The average molecular weight is 474 g/mol. The molecule has 1 heterocycles. The van der Waals surface area contributed by atoms with Gasteiger partial charge in [0.15, 0.2) is 0 Å². The number of carbonyl (C=O) groups is 1. The van der Waals surface area contributed by atoms with Crippen molar-refractivity contribution in [2.45, 2.75) is 69.4 Å². The average Bonchev–Trinajstić information content (AvgIpc) is 3.69. The van der Waals surface area contributed by atoms with Crippen LogP contribution in [0.2, 0.25) is 0 Å². The number of rotatable bonds is 9. The van der Waals surface area contributed by atoms with Crippen LogP contribution in [-0.2, 0) is 10.2 Å². The van der Waals surface area contributed by atoms with Crippen LogP contribution in [0.5, 0.6) is 11.6 Å². The molecule has 5 nitrogen and oxygen atoms in total. The van der Waals surface area contributed by atoms with Crippen LogP contribution in [0.1, 0.15) is 69.4 Å². The van der Waals surface area contributed by atoms with Crippen LogP contribution in [0.3, 0.4) is 0 Å². The van der Waals surface area contributed by atoms with Crippen molar-refractivity contribution in [3.05, 3.63) is 53.5 Å². The van der Waals surface area contributed by atoms with Gasteiger partial charge in [0.05, 0.1) is 19.9 Å². The smallest absolute Gasteiger partial charge is 0.342 e. The summed E-state index contributed by atoms with van der Waals surface area (Å²) in [5, 5.41) is 9.57. The van der Waals surface area contributed by atoms with E-state index >= 15 is 4.39 Å². The lowest BCUT2D eigenvalue weighted by Gasteiger charge is -2.39. The standard InChI is InChI=1S/C27H33F2NO4/c1-26(19-11-12-19,27(2,29)25(31)32)20-5-4-6-21(13-20)34-16-17-7-9-18(10-8-17)22-14-24(33-3)30-15-23(22)28/h4-6,13-15,17-19H,7-12,16H2,1-3H3,(H,31,32)/t17-,18-,26?,27-/m0/s1. The number of aliphatic carboxylic acids is 1. The van der Waals surface area contributed by atoms with Crippen molar-refractivity contribution in [3.8, 4) is 11.6 Å². The highest BCUT2D eigenvalue weighted by Crippen LogP contribution is 2.55. The first kappa shape index (κ1) is 24.4. The zero-order valence-electron chi connectivity index (χ0n) is 20.0.